The molecule has 0 aromatic carbocycles. The maximum absolute atomic E-state index is 5.68. The standard InChI is InChI=1S/C13H23NOS/c1-4-5-6-7-15-10-12-8-13(9-14-3)16-11(12)2/h8,14H,4-7,9-10H2,1-3H3. The molecule has 2 nitrogen and oxygen atoms in total. The van der Waals surface area contributed by atoms with Gasteiger partial charge in [-0.3, -0.25) is 0 Å². The lowest BCUT2D eigenvalue weighted by Gasteiger charge is -2.02. The number of aryl methyl sites for hydroxylation is 1. The van der Waals surface area contributed by atoms with Crippen LogP contribution in [0.2, 0.25) is 0 Å². The lowest BCUT2D eigenvalue weighted by molar-refractivity contribution is 0.117. The molecule has 1 aromatic rings. The summed E-state index contributed by atoms with van der Waals surface area (Å²) in [4.78, 5) is 2.79. The highest BCUT2D eigenvalue weighted by Crippen LogP contribution is 2.22. The van der Waals surface area contributed by atoms with Crippen LogP contribution in [-0.4, -0.2) is 13.7 Å². The Morgan fingerprint density at radius 2 is 2.19 bits per heavy atom. The van der Waals surface area contributed by atoms with Crippen molar-refractivity contribution in [3.05, 3.63) is 21.4 Å². The van der Waals surface area contributed by atoms with E-state index in [0.717, 1.165) is 19.8 Å². The lowest BCUT2D eigenvalue weighted by atomic mass is 10.2. The molecule has 0 bridgehead atoms. The molecular formula is C13H23NOS. The van der Waals surface area contributed by atoms with Gasteiger partial charge in [-0.15, -0.1) is 11.3 Å². The lowest BCUT2D eigenvalue weighted by Crippen LogP contribution is -2.02. The maximum Gasteiger partial charge on any atom is 0.0727 e. The molecule has 0 aliphatic heterocycles. The van der Waals surface area contributed by atoms with E-state index in [-0.39, 0.29) is 0 Å². The van der Waals surface area contributed by atoms with Crippen LogP contribution >= 0.6 is 11.3 Å². The van der Waals surface area contributed by atoms with Gasteiger partial charge in [0.25, 0.3) is 0 Å². The van der Waals surface area contributed by atoms with E-state index in [9.17, 15) is 0 Å². The number of hydrogen-bond donors (Lipinski definition) is 1. The molecule has 1 aromatic heterocycles. The van der Waals surface area contributed by atoms with Crippen molar-refractivity contribution < 1.29 is 4.74 Å². The summed E-state index contributed by atoms with van der Waals surface area (Å²) in [5.74, 6) is 0. The summed E-state index contributed by atoms with van der Waals surface area (Å²) in [7, 11) is 1.98. The van der Waals surface area contributed by atoms with E-state index in [1.165, 1.54) is 34.6 Å². The second kappa shape index (κ2) is 7.82. The Labute approximate surface area is 103 Å². The molecule has 0 spiro atoms. The SMILES string of the molecule is CCCCCOCc1cc(CNC)sc1C. The van der Waals surface area contributed by atoms with Crippen molar-refractivity contribution in [2.45, 2.75) is 46.3 Å². The fraction of sp³-hybridized carbons (Fsp3) is 0.692. The minimum absolute atomic E-state index is 0.774. The molecule has 3 heteroatoms. The first-order valence-corrected chi connectivity index (χ1v) is 6.90. The Hall–Kier alpha value is -0.380. The number of ether oxygens (including phenoxy) is 1. The maximum atomic E-state index is 5.68. The summed E-state index contributed by atoms with van der Waals surface area (Å²) in [5.41, 5.74) is 1.35. The van der Waals surface area contributed by atoms with Crippen LogP contribution in [0.1, 0.15) is 41.5 Å². The van der Waals surface area contributed by atoms with E-state index in [1.807, 2.05) is 18.4 Å². The summed E-state index contributed by atoms with van der Waals surface area (Å²) >= 11 is 1.86. The monoisotopic (exact) mass is 241 g/mol. The van der Waals surface area contributed by atoms with Gasteiger partial charge < -0.3 is 10.1 Å². The molecule has 1 heterocycles. The summed E-state index contributed by atoms with van der Waals surface area (Å²) in [6.07, 6.45) is 3.71. The van der Waals surface area contributed by atoms with Gasteiger partial charge in [0, 0.05) is 22.9 Å². The highest BCUT2D eigenvalue weighted by molar-refractivity contribution is 7.12. The van der Waals surface area contributed by atoms with Crippen molar-refractivity contribution in [3.8, 4) is 0 Å². The topological polar surface area (TPSA) is 21.3 Å². The summed E-state index contributed by atoms with van der Waals surface area (Å²) < 4.78 is 5.68. The summed E-state index contributed by atoms with van der Waals surface area (Å²) in [6.45, 7) is 7.02. The number of unbranched alkanes of at least 4 members (excludes halogenated alkanes) is 2. The molecule has 0 unspecified atom stereocenters. The average Bonchev–Trinajstić information content (AvgIpc) is 2.60. The third kappa shape index (κ3) is 4.64. The van der Waals surface area contributed by atoms with E-state index < -0.39 is 0 Å². The van der Waals surface area contributed by atoms with Crippen molar-refractivity contribution in [3.63, 3.8) is 0 Å². The van der Waals surface area contributed by atoms with Crippen LogP contribution in [0.3, 0.4) is 0 Å². The second-order valence-electron chi connectivity index (χ2n) is 4.08. The van der Waals surface area contributed by atoms with Crippen molar-refractivity contribution in [1.29, 1.82) is 0 Å². The molecule has 16 heavy (non-hydrogen) atoms. The van der Waals surface area contributed by atoms with Crippen molar-refractivity contribution in [2.75, 3.05) is 13.7 Å². The van der Waals surface area contributed by atoms with Crippen LogP contribution in [0, 0.1) is 6.92 Å². The van der Waals surface area contributed by atoms with Crippen molar-refractivity contribution in [1.82, 2.24) is 5.32 Å². The summed E-state index contributed by atoms with van der Waals surface area (Å²) in [5, 5.41) is 3.18. The minimum atomic E-state index is 0.774. The zero-order valence-electron chi connectivity index (χ0n) is 10.6. The molecule has 0 aliphatic carbocycles. The van der Waals surface area contributed by atoms with Gasteiger partial charge in [0.1, 0.15) is 0 Å². The van der Waals surface area contributed by atoms with E-state index in [0.29, 0.717) is 0 Å². The average molecular weight is 241 g/mol. The zero-order chi connectivity index (χ0) is 11.8. The summed E-state index contributed by atoms with van der Waals surface area (Å²) in [6, 6.07) is 2.26. The molecule has 0 saturated carbocycles. The van der Waals surface area contributed by atoms with Gasteiger partial charge in [-0.1, -0.05) is 19.8 Å². The van der Waals surface area contributed by atoms with Crippen LogP contribution in [0.25, 0.3) is 0 Å². The Balaban J connectivity index is 2.30. The van der Waals surface area contributed by atoms with E-state index in [1.54, 1.807) is 0 Å². The quantitative estimate of drug-likeness (QED) is 0.704. The van der Waals surface area contributed by atoms with E-state index in [2.05, 4.69) is 25.2 Å². The van der Waals surface area contributed by atoms with Crippen LogP contribution < -0.4 is 5.32 Å². The fourth-order valence-electron chi connectivity index (χ4n) is 1.63. The van der Waals surface area contributed by atoms with Gasteiger partial charge >= 0.3 is 0 Å². The first kappa shape index (κ1) is 13.7. The number of nitrogens with one attached hydrogen (secondary N) is 1. The predicted octanol–water partition coefficient (Wildman–Crippen LogP) is 3.48. The minimum Gasteiger partial charge on any atom is -0.377 e. The molecule has 0 fully saturated rings. The number of hydrogen-bond acceptors (Lipinski definition) is 3. The van der Waals surface area contributed by atoms with Gasteiger partial charge in [0.05, 0.1) is 6.61 Å². The Morgan fingerprint density at radius 1 is 1.38 bits per heavy atom. The molecule has 92 valence electrons. The van der Waals surface area contributed by atoms with Gasteiger partial charge in [-0.2, -0.15) is 0 Å². The van der Waals surface area contributed by atoms with Crippen molar-refractivity contribution >= 4 is 11.3 Å². The number of thiophene rings is 1. The number of rotatable bonds is 8. The van der Waals surface area contributed by atoms with Gasteiger partial charge in [0.15, 0.2) is 0 Å². The molecule has 0 radical (unpaired) electrons. The fourth-order valence-corrected chi connectivity index (χ4v) is 2.69. The van der Waals surface area contributed by atoms with Crippen molar-refractivity contribution in [2.24, 2.45) is 0 Å². The third-order valence-corrected chi connectivity index (χ3v) is 3.67. The Bertz CT molecular complexity index is 296. The highest BCUT2D eigenvalue weighted by atomic mass is 32.1. The highest BCUT2D eigenvalue weighted by Gasteiger charge is 2.04. The van der Waals surface area contributed by atoms with Gasteiger partial charge in [-0.25, -0.2) is 0 Å². The third-order valence-electron chi connectivity index (χ3n) is 2.57. The smallest absolute Gasteiger partial charge is 0.0727 e. The molecule has 1 N–H and O–H groups in total. The van der Waals surface area contributed by atoms with Gasteiger partial charge in [-0.05, 0) is 32.0 Å². The molecule has 0 atom stereocenters. The molecular weight excluding hydrogens is 218 g/mol. The van der Waals surface area contributed by atoms with Crippen LogP contribution in [-0.2, 0) is 17.9 Å². The molecule has 0 aliphatic rings. The molecule has 1 rings (SSSR count). The van der Waals surface area contributed by atoms with Crippen LogP contribution in [0.4, 0.5) is 0 Å². The van der Waals surface area contributed by atoms with Crippen LogP contribution in [0.15, 0.2) is 6.07 Å². The first-order valence-electron chi connectivity index (χ1n) is 6.08. The van der Waals surface area contributed by atoms with E-state index >= 15 is 0 Å². The largest absolute Gasteiger partial charge is 0.377 e. The van der Waals surface area contributed by atoms with E-state index in [4.69, 9.17) is 4.74 Å². The Kier molecular flexibility index (Phi) is 6.69. The Morgan fingerprint density at radius 3 is 2.88 bits per heavy atom. The second-order valence-corrected chi connectivity index (χ2v) is 5.43. The molecule has 0 saturated heterocycles. The normalized spacial score (nSPS) is 10.9. The molecule has 0 amide bonds. The first-order chi connectivity index (χ1) is 7.77. The van der Waals surface area contributed by atoms with Crippen LogP contribution in [0.5, 0.6) is 0 Å². The zero-order valence-corrected chi connectivity index (χ0v) is 11.5. The van der Waals surface area contributed by atoms with Gasteiger partial charge in [0.2, 0.25) is 0 Å². The predicted molar refractivity (Wildman–Crippen MR) is 71.0 cm³/mol.